The molecule has 0 unspecified atom stereocenters. The van der Waals surface area contributed by atoms with Crippen LogP contribution in [0.25, 0.3) is 0 Å². The third-order valence-electron chi connectivity index (χ3n) is 2.02. The molecule has 0 aliphatic carbocycles. The number of nitrogens with one attached hydrogen (secondary N) is 1. The second-order valence-electron chi connectivity index (χ2n) is 3.29. The van der Waals surface area contributed by atoms with Crippen molar-refractivity contribution in [2.45, 2.75) is 20.4 Å². The molecule has 2 aromatic heterocycles. The van der Waals surface area contributed by atoms with E-state index >= 15 is 0 Å². The summed E-state index contributed by atoms with van der Waals surface area (Å²) in [4.78, 5) is 13.7. The molecule has 1 amide bonds. The molecule has 0 aromatic carbocycles. The number of nitrogens with zero attached hydrogens (tertiary/aromatic N) is 3. The van der Waals surface area contributed by atoms with E-state index in [1.54, 1.807) is 6.07 Å². The van der Waals surface area contributed by atoms with Gasteiger partial charge < -0.3 is 5.32 Å². The maximum atomic E-state index is 11.7. The van der Waals surface area contributed by atoms with E-state index in [1.165, 1.54) is 23.1 Å². The van der Waals surface area contributed by atoms with Crippen LogP contribution >= 0.6 is 23.1 Å². The molecule has 7 heteroatoms. The zero-order valence-corrected chi connectivity index (χ0v) is 10.5. The lowest BCUT2D eigenvalue weighted by atomic mass is 10.3. The van der Waals surface area contributed by atoms with Crippen LogP contribution in [0.15, 0.2) is 6.07 Å². The third-order valence-corrected chi connectivity index (χ3v) is 3.53. The van der Waals surface area contributed by atoms with Crippen molar-refractivity contribution in [1.29, 1.82) is 0 Å². The quantitative estimate of drug-likeness (QED) is 0.902. The molecule has 0 radical (unpaired) electrons. The summed E-state index contributed by atoms with van der Waals surface area (Å²) in [5, 5.41) is 6.67. The minimum Gasteiger partial charge on any atom is -0.346 e. The lowest BCUT2D eigenvalue weighted by molar-refractivity contribution is 0.0947. The molecule has 5 nitrogen and oxygen atoms in total. The van der Waals surface area contributed by atoms with E-state index in [2.05, 4.69) is 19.3 Å². The Balaban J connectivity index is 1.96. The molecule has 2 rings (SSSR count). The van der Waals surface area contributed by atoms with Crippen LogP contribution in [0, 0.1) is 13.8 Å². The monoisotopic (exact) mass is 254 g/mol. The van der Waals surface area contributed by atoms with E-state index in [-0.39, 0.29) is 5.91 Å². The summed E-state index contributed by atoms with van der Waals surface area (Å²) >= 11 is 2.62. The Labute approximate surface area is 101 Å². The summed E-state index contributed by atoms with van der Waals surface area (Å²) in [6.07, 6.45) is 0. The van der Waals surface area contributed by atoms with Gasteiger partial charge in [0.25, 0.3) is 5.91 Å². The number of rotatable bonds is 3. The fraction of sp³-hybridized carbons (Fsp3) is 0.333. The summed E-state index contributed by atoms with van der Waals surface area (Å²) in [6, 6.07) is 1.78. The summed E-state index contributed by atoms with van der Waals surface area (Å²) < 4.78 is 7.84. The predicted molar refractivity (Wildman–Crippen MR) is 62.7 cm³/mol. The van der Waals surface area contributed by atoms with Crippen molar-refractivity contribution in [2.75, 3.05) is 0 Å². The van der Waals surface area contributed by atoms with E-state index in [1.807, 2.05) is 13.8 Å². The molecule has 0 aliphatic heterocycles. The zero-order chi connectivity index (χ0) is 11.5. The SMILES string of the molecule is Cc1cc(C(=O)NCc2snnc2C)ns1. The Kier molecular flexibility index (Phi) is 3.25. The van der Waals surface area contributed by atoms with Gasteiger partial charge >= 0.3 is 0 Å². The minimum atomic E-state index is -0.155. The molecule has 0 saturated heterocycles. The van der Waals surface area contributed by atoms with Crippen molar-refractivity contribution in [3.8, 4) is 0 Å². The lowest BCUT2D eigenvalue weighted by Gasteiger charge is -2.00. The first kappa shape index (κ1) is 11.2. The Hall–Kier alpha value is -1.34. The van der Waals surface area contributed by atoms with Crippen LogP contribution in [-0.4, -0.2) is 19.9 Å². The van der Waals surface area contributed by atoms with Gasteiger partial charge in [-0.2, -0.15) is 4.37 Å². The highest BCUT2D eigenvalue weighted by molar-refractivity contribution is 7.06. The predicted octanol–water partition coefficient (Wildman–Crippen LogP) is 1.54. The van der Waals surface area contributed by atoms with Gasteiger partial charge in [0.05, 0.1) is 17.1 Å². The van der Waals surface area contributed by atoms with E-state index < -0.39 is 0 Å². The normalized spacial score (nSPS) is 10.4. The number of carbonyl (C=O) groups excluding carboxylic acids is 1. The highest BCUT2D eigenvalue weighted by Crippen LogP contribution is 2.10. The van der Waals surface area contributed by atoms with Crippen molar-refractivity contribution < 1.29 is 4.79 Å². The van der Waals surface area contributed by atoms with Crippen LogP contribution in [0.4, 0.5) is 0 Å². The Morgan fingerprint density at radius 3 is 2.81 bits per heavy atom. The topological polar surface area (TPSA) is 67.8 Å². The second-order valence-corrected chi connectivity index (χ2v) is 5.13. The number of amides is 1. The van der Waals surface area contributed by atoms with E-state index in [4.69, 9.17) is 0 Å². The highest BCUT2D eigenvalue weighted by atomic mass is 32.1. The fourth-order valence-corrected chi connectivity index (χ4v) is 2.25. The van der Waals surface area contributed by atoms with Crippen LogP contribution < -0.4 is 5.32 Å². The van der Waals surface area contributed by atoms with Crippen molar-refractivity contribution in [3.05, 3.63) is 27.2 Å². The molecule has 0 aliphatic rings. The molecule has 2 aromatic rings. The number of hydrogen-bond acceptors (Lipinski definition) is 6. The molecule has 0 fully saturated rings. The molecule has 1 N–H and O–H groups in total. The first-order valence-electron chi connectivity index (χ1n) is 4.66. The van der Waals surface area contributed by atoms with E-state index in [0.717, 1.165) is 15.4 Å². The summed E-state index contributed by atoms with van der Waals surface area (Å²) in [7, 11) is 0. The highest BCUT2D eigenvalue weighted by Gasteiger charge is 2.10. The van der Waals surface area contributed by atoms with Gasteiger partial charge in [0, 0.05) is 4.88 Å². The average Bonchev–Trinajstić information content (AvgIpc) is 2.84. The number of aryl methyl sites for hydroxylation is 2. The Bertz CT molecular complexity index is 505. The smallest absolute Gasteiger partial charge is 0.271 e. The first-order chi connectivity index (χ1) is 7.66. The zero-order valence-electron chi connectivity index (χ0n) is 8.85. The van der Waals surface area contributed by atoms with E-state index in [0.29, 0.717) is 12.2 Å². The summed E-state index contributed by atoms with van der Waals surface area (Å²) in [6.45, 7) is 4.25. The van der Waals surface area contributed by atoms with Gasteiger partial charge in [-0.25, -0.2) is 0 Å². The molecule has 84 valence electrons. The Morgan fingerprint density at radius 2 is 2.25 bits per heavy atom. The molecule has 0 spiro atoms. The van der Waals surface area contributed by atoms with Crippen LogP contribution in [0.5, 0.6) is 0 Å². The largest absolute Gasteiger partial charge is 0.346 e. The number of aromatic nitrogens is 3. The molecule has 16 heavy (non-hydrogen) atoms. The van der Waals surface area contributed by atoms with Crippen LogP contribution in [0.2, 0.25) is 0 Å². The number of hydrogen-bond donors (Lipinski definition) is 1. The Morgan fingerprint density at radius 1 is 1.44 bits per heavy atom. The van der Waals surface area contributed by atoms with Gasteiger partial charge in [-0.1, -0.05) is 4.49 Å². The third kappa shape index (κ3) is 2.42. The summed E-state index contributed by atoms with van der Waals surface area (Å²) in [5.74, 6) is -0.155. The lowest BCUT2D eigenvalue weighted by Crippen LogP contribution is -2.22. The molecular formula is C9H10N4OS2. The van der Waals surface area contributed by atoms with E-state index in [9.17, 15) is 4.79 Å². The van der Waals surface area contributed by atoms with Gasteiger partial charge in [0.15, 0.2) is 0 Å². The van der Waals surface area contributed by atoms with Crippen molar-refractivity contribution in [2.24, 2.45) is 0 Å². The standard InChI is InChI=1S/C9H10N4OS2/c1-5-3-7(12-15-5)9(14)10-4-8-6(2)11-13-16-8/h3H,4H2,1-2H3,(H,10,14). The average molecular weight is 254 g/mol. The van der Waals surface area contributed by atoms with Gasteiger partial charge in [0.2, 0.25) is 0 Å². The molecule has 2 heterocycles. The molecule has 0 saturated carbocycles. The molecule has 0 atom stereocenters. The maximum absolute atomic E-state index is 11.7. The van der Waals surface area contributed by atoms with Crippen molar-refractivity contribution >= 4 is 29.0 Å². The molecular weight excluding hydrogens is 244 g/mol. The van der Waals surface area contributed by atoms with Crippen LogP contribution in [0.3, 0.4) is 0 Å². The minimum absolute atomic E-state index is 0.155. The fourth-order valence-electron chi connectivity index (χ4n) is 1.14. The van der Waals surface area contributed by atoms with Gasteiger partial charge in [-0.15, -0.1) is 5.10 Å². The van der Waals surface area contributed by atoms with Crippen molar-refractivity contribution in [3.63, 3.8) is 0 Å². The maximum Gasteiger partial charge on any atom is 0.271 e. The van der Waals surface area contributed by atoms with Crippen LogP contribution in [0.1, 0.15) is 25.9 Å². The van der Waals surface area contributed by atoms with Gasteiger partial charge in [-0.05, 0) is 43.0 Å². The number of carbonyl (C=O) groups is 1. The van der Waals surface area contributed by atoms with Gasteiger partial charge in [0.1, 0.15) is 5.69 Å². The second kappa shape index (κ2) is 4.67. The summed E-state index contributed by atoms with van der Waals surface area (Å²) in [5.41, 5.74) is 1.33. The van der Waals surface area contributed by atoms with Crippen molar-refractivity contribution in [1.82, 2.24) is 19.3 Å². The molecule has 0 bridgehead atoms. The van der Waals surface area contributed by atoms with Gasteiger partial charge in [-0.3, -0.25) is 4.79 Å². The first-order valence-corrected chi connectivity index (χ1v) is 6.21. The van der Waals surface area contributed by atoms with Crippen LogP contribution in [-0.2, 0) is 6.54 Å².